The molecule has 0 unspecified atom stereocenters. The van der Waals surface area contributed by atoms with Crippen molar-refractivity contribution in [3.63, 3.8) is 0 Å². The van der Waals surface area contributed by atoms with Crippen LogP contribution in [-0.4, -0.2) is 31.2 Å². The maximum Gasteiger partial charge on any atom is 0.232 e. The van der Waals surface area contributed by atoms with Crippen LogP contribution in [0, 0.1) is 0 Å². The lowest BCUT2D eigenvalue weighted by molar-refractivity contribution is 0.592. The number of hydrogen-bond donors (Lipinski definition) is 0. The summed E-state index contributed by atoms with van der Waals surface area (Å²) in [6.45, 7) is 0.547. The molecule has 7 heteroatoms. The topological polar surface area (TPSA) is 63.2 Å². The van der Waals surface area contributed by atoms with Gasteiger partial charge in [0.1, 0.15) is 5.01 Å². The number of sulfonamides is 1. The van der Waals surface area contributed by atoms with Crippen LogP contribution in [-0.2, 0) is 16.4 Å². The fourth-order valence-corrected chi connectivity index (χ4v) is 4.88. The van der Waals surface area contributed by atoms with E-state index in [2.05, 4.69) is 11.1 Å². The van der Waals surface area contributed by atoms with Crippen LogP contribution in [0.25, 0.3) is 22.0 Å². The highest BCUT2D eigenvalue weighted by molar-refractivity contribution is 7.92. The van der Waals surface area contributed by atoms with Gasteiger partial charge < -0.3 is 0 Å². The van der Waals surface area contributed by atoms with Crippen LogP contribution >= 0.6 is 11.3 Å². The van der Waals surface area contributed by atoms with E-state index in [1.54, 1.807) is 17.5 Å². The molecule has 1 aliphatic rings. The van der Waals surface area contributed by atoms with Gasteiger partial charge in [0.2, 0.25) is 10.0 Å². The number of benzene rings is 1. The van der Waals surface area contributed by atoms with Gasteiger partial charge in [0.15, 0.2) is 0 Å². The second kappa shape index (κ2) is 6.24. The third-order valence-corrected chi connectivity index (χ3v) is 6.28. The van der Waals surface area contributed by atoms with Crippen LogP contribution in [0.15, 0.2) is 48.0 Å². The summed E-state index contributed by atoms with van der Waals surface area (Å²) in [6.07, 6.45) is 4.73. The number of aryl methyl sites for hydroxylation is 1. The molecule has 0 saturated carbocycles. The molecular weight excluding hydrogens is 354 g/mol. The molecule has 1 aliphatic heterocycles. The molecule has 0 spiro atoms. The molecule has 25 heavy (non-hydrogen) atoms. The number of thiazole rings is 1. The second-order valence-corrected chi connectivity index (χ2v) is 8.80. The van der Waals surface area contributed by atoms with Gasteiger partial charge >= 0.3 is 0 Å². The lowest BCUT2D eigenvalue weighted by Gasteiger charge is -2.29. The quantitative estimate of drug-likeness (QED) is 0.706. The summed E-state index contributed by atoms with van der Waals surface area (Å²) in [5.41, 5.74) is 4.61. The maximum absolute atomic E-state index is 12.0. The van der Waals surface area contributed by atoms with E-state index in [4.69, 9.17) is 4.98 Å². The Morgan fingerprint density at radius 3 is 2.80 bits per heavy atom. The zero-order valence-electron chi connectivity index (χ0n) is 13.7. The normalized spacial score (nSPS) is 14.4. The van der Waals surface area contributed by atoms with Crippen LogP contribution in [0.4, 0.5) is 5.69 Å². The molecule has 0 bridgehead atoms. The first-order valence-electron chi connectivity index (χ1n) is 8.00. The Balaban J connectivity index is 1.70. The van der Waals surface area contributed by atoms with E-state index < -0.39 is 10.0 Å². The highest BCUT2D eigenvalue weighted by Gasteiger charge is 2.24. The Hall–Kier alpha value is -2.25. The summed E-state index contributed by atoms with van der Waals surface area (Å²) in [4.78, 5) is 9.03. The molecular formula is C18H17N3O2S2. The zero-order chi connectivity index (χ0) is 17.4. The van der Waals surface area contributed by atoms with Crippen molar-refractivity contribution in [3.8, 4) is 22.0 Å². The fourth-order valence-electron chi connectivity index (χ4n) is 3.08. The van der Waals surface area contributed by atoms with Crippen molar-refractivity contribution in [2.24, 2.45) is 0 Å². The van der Waals surface area contributed by atoms with Crippen molar-refractivity contribution in [1.82, 2.24) is 9.97 Å². The van der Waals surface area contributed by atoms with Gasteiger partial charge in [-0.05, 0) is 42.7 Å². The Labute approximate surface area is 151 Å². The van der Waals surface area contributed by atoms with Crippen LogP contribution < -0.4 is 4.31 Å². The molecule has 0 atom stereocenters. The van der Waals surface area contributed by atoms with Crippen molar-refractivity contribution in [2.75, 3.05) is 17.1 Å². The number of hydrogen-bond acceptors (Lipinski definition) is 5. The van der Waals surface area contributed by atoms with Gasteiger partial charge in [-0.25, -0.2) is 13.4 Å². The summed E-state index contributed by atoms with van der Waals surface area (Å²) in [5.74, 6) is 0. The predicted octanol–water partition coefficient (Wildman–Crippen LogP) is 3.58. The summed E-state index contributed by atoms with van der Waals surface area (Å²) in [7, 11) is -3.24. The third-order valence-electron chi connectivity index (χ3n) is 4.24. The smallest absolute Gasteiger partial charge is 0.232 e. The average Bonchev–Trinajstić information content (AvgIpc) is 3.11. The Morgan fingerprint density at radius 2 is 2.04 bits per heavy atom. The van der Waals surface area contributed by atoms with Crippen molar-refractivity contribution < 1.29 is 8.42 Å². The third kappa shape index (κ3) is 3.17. The van der Waals surface area contributed by atoms with E-state index in [-0.39, 0.29) is 0 Å². The molecule has 2 aromatic heterocycles. The first kappa shape index (κ1) is 16.2. The first-order valence-corrected chi connectivity index (χ1v) is 10.7. The SMILES string of the molecule is CS(=O)(=O)N1CCCc2cc(-c3csc(-c4ccccn4)n3)ccc21. The van der Waals surface area contributed by atoms with Crippen LogP contribution in [0.3, 0.4) is 0 Å². The van der Waals surface area contributed by atoms with Gasteiger partial charge in [-0.3, -0.25) is 9.29 Å². The molecule has 0 N–H and O–H groups in total. The Kier molecular flexibility index (Phi) is 4.05. The van der Waals surface area contributed by atoms with Crippen molar-refractivity contribution in [2.45, 2.75) is 12.8 Å². The average molecular weight is 371 g/mol. The monoisotopic (exact) mass is 371 g/mol. The van der Waals surface area contributed by atoms with Crippen LogP contribution in [0.1, 0.15) is 12.0 Å². The zero-order valence-corrected chi connectivity index (χ0v) is 15.3. The van der Waals surface area contributed by atoms with Crippen LogP contribution in [0.2, 0.25) is 0 Å². The molecule has 0 aliphatic carbocycles. The Bertz CT molecular complexity index is 1010. The number of pyridine rings is 1. The molecule has 1 aromatic carbocycles. The van der Waals surface area contributed by atoms with Gasteiger partial charge in [0.05, 0.1) is 23.3 Å². The number of rotatable bonds is 3. The van der Waals surface area contributed by atoms with Gasteiger partial charge in [-0.1, -0.05) is 12.1 Å². The minimum Gasteiger partial charge on any atom is -0.270 e. The molecule has 5 nitrogen and oxygen atoms in total. The number of aromatic nitrogens is 2. The highest BCUT2D eigenvalue weighted by Crippen LogP contribution is 2.34. The molecule has 3 heterocycles. The van der Waals surface area contributed by atoms with Crippen molar-refractivity contribution in [3.05, 3.63) is 53.5 Å². The predicted molar refractivity (Wildman–Crippen MR) is 101 cm³/mol. The van der Waals surface area contributed by atoms with Gasteiger partial charge in [-0.2, -0.15) is 0 Å². The van der Waals surface area contributed by atoms with E-state index in [9.17, 15) is 8.42 Å². The van der Waals surface area contributed by atoms with E-state index in [0.717, 1.165) is 46.1 Å². The maximum atomic E-state index is 12.0. The molecule has 0 saturated heterocycles. The molecule has 0 radical (unpaired) electrons. The van der Waals surface area contributed by atoms with Crippen LogP contribution in [0.5, 0.6) is 0 Å². The lowest BCUT2D eigenvalue weighted by Crippen LogP contribution is -2.34. The molecule has 0 fully saturated rings. The molecule has 4 rings (SSSR count). The van der Waals surface area contributed by atoms with E-state index >= 15 is 0 Å². The Morgan fingerprint density at radius 1 is 1.16 bits per heavy atom. The summed E-state index contributed by atoms with van der Waals surface area (Å²) >= 11 is 1.56. The minimum absolute atomic E-state index is 0.547. The van der Waals surface area contributed by atoms with Crippen molar-refractivity contribution >= 4 is 27.0 Å². The van der Waals surface area contributed by atoms with Gasteiger partial charge in [-0.15, -0.1) is 11.3 Å². The highest BCUT2D eigenvalue weighted by atomic mass is 32.2. The largest absolute Gasteiger partial charge is 0.270 e. The molecule has 0 amide bonds. The van der Waals surface area contributed by atoms with Crippen molar-refractivity contribution in [1.29, 1.82) is 0 Å². The summed E-state index contributed by atoms with van der Waals surface area (Å²) in [5, 5.41) is 2.90. The lowest BCUT2D eigenvalue weighted by atomic mass is 10.00. The van der Waals surface area contributed by atoms with E-state index in [0.29, 0.717) is 6.54 Å². The number of anilines is 1. The van der Waals surface area contributed by atoms with Gasteiger partial charge in [0, 0.05) is 23.7 Å². The fraction of sp³-hybridized carbons (Fsp3) is 0.222. The molecule has 128 valence electrons. The molecule has 3 aromatic rings. The number of fused-ring (bicyclic) bond motifs is 1. The summed E-state index contributed by atoms with van der Waals surface area (Å²) < 4.78 is 25.4. The standard InChI is InChI=1S/C18H17N3O2S2/c1-25(22,23)21-10-4-5-14-11-13(7-8-17(14)21)16-12-24-18(20-16)15-6-2-3-9-19-15/h2-3,6-9,11-12H,4-5,10H2,1H3. The second-order valence-electron chi connectivity index (χ2n) is 6.04. The van der Waals surface area contributed by atoms with E-state index in [1.807, 2.05) is 35.7 Å². The van der Waals surface area contributed by atoms with Gasteiger partial charge in [0.25, 0.3) is 0 Å². The first-order chi connectivity index (χ1) is 12.0. The van der Waals surface area contributed by atoms with E-state index in [1.165, 1.54) is 10.6 Å². The number of nitrogens with zero attached hydrogens (tertiary/aromatic N) is 3. The minimum atomic E-state index is -3.24. The summed E-state index contributed by atoms with van der Waals surface area (Å²) in [6, 6.07) is 11.7.